The number of carbonyl (C=O) groups excluding carboxylic acids is 2. The normalized spacial score (nSPS) is 10.6. The molecule has 2 N–H and O–H groups in total. The number of phenols is 2. The van der Waals surface area contributed by atoms with E-state index in [0.29, 0.717) is 34.0 Å². The molecule has 0 aliphatic rings. The van der Waals surface area contributed by atoms with Gasteiger partial charge in [0.15, 0.2) is 11.6 Å². The maximum Gasteiger partial charge on any atom is 0.196 e. The number of hydrogen-bond donors (Lipinski definition) is 2. The number of benzene rings is 4. The molecule has 1 aromatic heterocycles. The molecule has 0 fully saturated rings. The van der Waals surface area contributed by atoms with Gasteiger partial charge in [0.1, 0.15) is 36.2 Å². The smallest absolute Gasteiger partial charge is 0.196 e. The van der Waals surface area contributed by atoms with Crippen LogP contribution < -0.4 is 9.47 Å². The molecule has 0 unspecified atom stereocenters. The van der Waals surface area contributed by atoms with Gasteiger partial charge in [0.25, 0.3) is 0 Å². The first-order valence-electron chi connectivity index (χ1n) is 12.5. The summed E-state index contributed by atoms with van der Waals surface area (Å²) < 4.78 is 11.6. The van der Waals surface area contributed by atoms with Crippen molar-refractivity contribution in [1.29, 1.82) is 0 Å². The second-order valence-corrected chi connectivity index (χ2v) is 8.95. The fourth-order valence-corrected chi connectivity index (χ4v) is 4.08. The summed E-state index contributed by atoms with van der Waals surface area (Å²) in [5.74, 6) is -0.0886. The van der Waals surface area contributed by atoms with E-state index in [2.05, 4.69) is 4.98 Å². The highest BCUT2D eigenvalue weighted by atomic mass is 16.5. The van der Waals surface area contributed by atoms with Gasteiger partial charge in [-0.25, -0.2) is 0 Å². The van der Waals surface area contributed by atoms with Gasteiger partial charge in [-0.15, -0.1) is 0 Å². The number of ketones is 2. The highest BCUT2D eigenvalue weighted by molar-refractivity contribution is 6.11. The molecule has 40 heavy (non-hydrogen) atoms. The van der Waals surface area contributed by atoms with Crippen LogP contribution in [0.25, 0.3) is 0 Å². The topological polar surface area (TPSA) is 106 Å². The largest absolute Gasteiger partial charge is 0.507 e. The lowest BCUT2D eigenvalue weighted by Gasteiger charge is -2.11. The van der Waals surface area contributed by atoms with Crippen LogP contribution in [-0.4, -0.2) is 26.8 Å². The van der Waals surface area contributed by atoms with Gasteiger partial charge >= 0.3 is 0 Å². The maximum atomic E-state index is 12.6. The van der Waals surface area contributed by atoms with E-state index >= 15 is 0 Å². The highest BCUT2D eigenvalue weighted by Gasteiger charge is 2.15. The number of rotatable bonds is 10. The Morgan fingerprint density at radius 1 is 0.550 bits per heavy atom. The van der Waals surface area contributed by atoms with Gasteiger partial charge in [-0.3, -0.25) is 14.6 Å². The van der Waals surface area contributed by atoms with E-state index in [1.807, 2.05) is 18.2 Å². The Hall–Kier alpha value is -5.43. The van der Waals surface area contributed by atoms with Gasteiger partial charge in [-0.05, 0) is 36.4 Å². The van der Waals surface area contributed by atoms with Crippen LogP contribution in [0.5, 0.6) is 23.0 Å². The Morgan fingerprint density at radius 3 is 1.38 bits per heavy atom. The minimum atomic E-state index is -0.273. The third kappa shape index (κ3) is 6.16. The standard InChI is InChI=1S/C33H25NO6/c35-30-18-26(14-16-28(30)32(37)22-8-3-1-4-9-22)39-20-24-12-7-13-25(34-24)21-40-27-15-17-29(31(36)19-27)33(38)23-10-5-2-6-11-23/h1-19,35-36H,20-21H2. The zero-order chi connectivity index (χ0) is 27.9. The summed E-state index contributed by atoms with van der Waals surface area (Å²) in [6.45, 7) is 0.271. The second-order valence-electron chi connectivity index (χ2n) is 8.95. The number of nitrogens with zero attached hydrogens (tertiary/aromatic N) is 1. The van der Waals surface area contributed by atoms with Crippen molar-refractivity contribution >= 4 is 11.6 Å². The van der Waals surface area contributed by atoms with Gasteiger partial charge in [0.2, 0.25) is 0 Å². The van der Waals surface area contributed by atoms with Crippen molar-refractivity contribution < 1.29 is 29.3 Å². The monoisotopic (exact) mass is 531 g/mol. The van der Waals surface area contributed by atoms with E-state index < -0.39 is 0 Å². The first kappa shape index (κ1) is 26.2. The summed E-state index contributed by atoms with van der Waals surface area (Å²) in [5.41, 5.74) is 2.63. The number of phenolic OH excluding ortho intramolecular Hbond substituents is 2. The molecule has 0 radical (unpaired) electrons. The van der Waals surface area contributed by atoms with Crippen molar-refractivity contribution in [2.45, 2.75) is 13.2 Å². The van der Waals surface area contributed by atoms with Gasteiger partial charge in [0, 0.05) is 23.3 Å². The van der Waals surface area contributed by atoms with Crippen molar-refractivity contribution in [2.75, 3.05) is 0 Å². The van der Waals surface area contributed by atoms with Crippen molar-refractivity contribution in [2.24, 2.45) is 0 Å². The van der Waals surface area contributed by atoms with Crippen molar-refractivity contribution in [3.8, 4) is 23.0 Å². The number of ether oxygens (including phenoxy) is 2. The number of hydrogen-bond acceptors (Lipinski definition) is 7. The molecule has 0 atom stereocenters. The van der Waals surface area contributed by atoms with E-state index in [1.54, 1.807) is 72.8 Å². The van der Waals surface area contributed by atoms with Gasteiger partial charge in [-0.2, -0.15) is 0 Å². The van der Waals surface area contributed by atoms with Crippen molar-refractivity contribution in [3.05, 3.63) is 149 Å². The Bertz CT molecular complexity index is 1530. The second kappa shape index (κ2) is 12.0. The average Bonchev–Trinajstić information content (AvgIpc) is 2.99. The van der Waals surface area contributed by atoms with E-state index in [0.717, 1.165) is 0 Å². The Kier molecular flexibility index (Phi) is 7.83. The molecule has 0 spiro atoms. The fourth-order valence-electron chi connectivity index (χ4n) is 4.08. The number of pyridine rings is 1. The van der Waals surface area contributed by atoms with E-state index in [-0.39, 0.29) is 47.4 Å². The van der Waals surface area contributed by atoms with Gasteiger partial charge in [0.05, 0.1) is 22.5 Å². The van der Waals surface area contributed by atoms with E-state index in [9.17, 15) is 19.8 Å². The summed E-state index contributed by atoms with van der Waals surface area (Å²) in [4.78, 5) is 29.8. The zero-order valence-electron chi connectivity index (χ0n) is 21.4. The van der Waals surface area contributed by atoms with E-state index in [1.165, 1.54) is 24.3 Å². The number of aromatic nitrogens is 1. The summed E-state index contributed by atoms with van der Waals surface area (Å²) in [6, 6.07) is 32.0. The molecule has 1 heterocycles. The molecule has 0 bridgehead atoms. The fraction of sp³-hybridized carbons (Fsp3) is 0.0606. The van der Waals surface area contributed by atoms with Crippen molar-refractivity contribution in [1.82, 2.24) is 4.98 Å². The maximum absolute atomic E-state index is 12.6. The first-order chi connectivity index (χ1) is 19.5. The molecular weight excluding hydrogens is 506 g/mol. The average molecular weight is 532 g/mol. The van der Waals surface area contributed by atoms with E-state index in [4.69, 9.17) is 9.47 Å². The Morgan fingerprint density at radius 2 is 0.975 bits per heavy atom. The quantitative estimate of drug-likeness (QED) is 0.209. The lowest BCUT2D eigenvalue weighted by molar-refractivity contribution is 0.102. The molecule has 0 saturated carbocycles. The Labute approximate surface area is 230 Å². The SMILES string of the molecule is O=C(c1ccccc1)c1ccc(OCc2cccc(COc3ccc(C(=O)c4ccccc4)c(O)c3)n2)cc1O. The lowest BCUT2D eigenvalue weighted by atomic mass is 10.0. The van der Waals surface area contributed by atoms with Crippen LogP contribution >= 0.6 is 0 Å². The molecule has 5 aromatic rings. The van der Waals surface area contributed by atoms with Crippen LogP contribution in [0.3, 0.4) is 0 Å². The van der Waals surface area contributed by atoms with Crippen molar-refractivity contribution in [3.63, 3.8) is 0 Å². The zero-order valence-corrected chi connectivity index (χ0v) is 21.4. The molecule has 0 amide bonds. The van der Waals surface area contributed by atoms with Crippen LogP contribution in [-0.2, 0) is 13.2 Å². The minimum absolute atomic E-state index is 0.135. The summed E-state index contributed by atoms with van der Waals surface area (Å²) in [5, 5.41) is 20.8. The predicted octanol–water partition coefficient (Wildman–Crippen LogP) is 6.11. The molecule has 0 saturated heterocycles. The predicted molar refractivity (Wildman–Crippen MR) is 149 cm³/mol. The van der Waals surface area contributed by atoms with Gasteiger partial charge < -0.3 is 19.7 Å². The molecule has 7 nitrogen and oxygen atoms in total. The number of aromatic hydroxyl groups is 2. The Balaban J connectivity index is 1.18. The third-order valence-corrected chi connectivity index (χ3v) is 6.14. The van der Waals surface area contributed by atoms with Crippen LogP contribution in [0.2, 0.25) is 0 Å². The molecule has 0 aliphatic heterocycles. The summed E-state index contributed by atoms with van der Waals surface area (Å²) >= 11 is 0. The lowest BCUT2D eigenvalue weighted by Crippen LogP contribution is -2.05. The molecule has 198 valence electrons. The summed E-state index contributed by atoms with van der Waals surface area (Å²) in [6.07, 6.45) is 0. The van der Waals surface area contributed by atoms with Crippen LogP contribution in [0.1, 0.15) is 43.2 Å². The minimum Gasteiger partial charge on any atom is -0.507 e. The van der Waals surface area contributed by atoms with Crippen LogP contribution in [0, 0.1) is 0 Å². The van der Waals surface area contributed by atoms with Gasteiger partial charge in [-0.1, -0.05) is 66.7 Å². The number of carbonyl (C=O) groups is 2. The third-order valence-electron chi connectivity index (χ3n) is 6.14. The highest BCUT2D eigenvalue weighted by Crippen LogP contribution is 2.28. The molecule has 7 heteroatoms. The van der Waals surface area contributed by atoms with Crippen LogP contribution in [0.4, 0.5) is 0 Å². The first-order valence-corrected chi connectivity index (χ1v) is 12.5. The molecular formula is C33H25NO6. The molecule has 5 rings (SSSR count). The summed E-state index contributed by atoms with van der Waals surface area (Å²) in [7, 11) is 0. The molecule has 4 aromatic carbocycles. The molecule has 0 aliphatic carbocycles. The van der Waals surface area contributed by atoms with Crippen LogP contribution in [0.15, 0.2) is 115 Å².